The molecule has 0 radical (unpaired) electrons. The molecule has 0 aromatic rings. The summed E-state index contributed by atoms with van der Waals surface area (Å²) in [7, 11) is 1.70. The van der Waals surface area contributed by atoms with Crippen molar-refractivity contribution in [1.82, 2.24) is 0 Å². The molecule has 3 nitrogen and oxygen atoms in total. The predicted molar refractivity (Wildman–Crippen MR) is 69.3 cm³/mol. The second kappa shape index (κ2) is 8.90. The van der Waals surface area contributed by atoms with Crippen LogP contribution in [-0.4, -0.2) is 40.1 Å². The van der Waals surface area contributed by atoms with Crippen molar-refractivity contribution in [3.05, 3.63) is 0 Å². The summed E-state index contributed by atoms with van der Waals surface area (Å²) < 4.78 is 16.1. The zero-order chi connectivity index (χ0) is 12.4. The van der Waals surface area contributed by atoms with E-state index in [0.29, 0.717) is 18.6 Å². The summed E-state index contributed by atoms with van der Waals surface area (Å²) in [6.45, 7) is 6.35. The van der Waals surface area contributed by atoms with Crippen LogP contribution in [-0.2, 0) is 14.2 Å². The van der Waals surface area contributed by atoms with Crippen LogP contribution >= 0.6 is 0 Å². The number of methoxy groups -OCH3 is 1. The molecule has 17 heavy (non-hydrogen) atoms. The fourth-order valence-corrected chi connectivity index (χ4v) is 2.22. The van der Waals surface area contributed by atoms with Crippen molar-refractivity contribution in [3.8, 4) is 0 Å². The van der Waals surface area contributed by atoms with Crippen molar-refractivity contribution in [1.29, 1.82) is 0 Å². The van der Waals surface area contributed by atoms with E-state index in [1.54, 1.807) is 7.11 Å². The third-order valence-corrected chi connectivity index (χ3v) is 3.83. The summed E-state index contributed by atoms with van der Waals surface area (Å²) in [5.74, 6) is 0. The maximum absolute atomic E-state index is 5.78. The van der Waals surface area contributed by atoms with Crippen LogP contribution in [0.3, 0.4) is 0 Å². The molecule has 1 rings (SSSR count). The third-order valence-electron chi connectivity index (χ3n) is 3.83. The first kappa shape index (κ1) is 14.9. The lowest BCUT2D eigenvalue weighted by molar-refractivity contribution is -0.0119. The zero-order valence-corrected chi connectivity index (χ0v) is 11.5. The van der Waals surface area contributed by atoms with Gasteiger partial charge in [0.15, 0.2) is 0 Å². The Kier molecular flexibility index (Phi) is 7.82. The van der Waals surface area contributed by atoms with Gasteiger partial charge in [-0.2, -0.15) is 0 Å². The van der Waals surface area contributed by atoms with Crippen molar-refractivity contribution in [2.75, 3.05) is 40.1 Å². The van der Waals surface area contributed by atoms with Gasteiger partial charge in [-0.3, -0.25) is 0 Å². The largest absolute Gasteiger partial charge is 0.382 e. The Morgan fingerprint density at radius 1 is 0.941 bits per heavy atom. The van der Waals surface area contributed by atoms with Gasteiger partial charge in [-0.15, -0.1) is 0 Å². The lowest BCUT2D eigenvalue weighted by Gasteiger charge is -2.40. The molecule has 1 aliphatic carbocycles. The van der Waals surface area contributed by atoms with Gasteiger partial charge >= 0.3 is 0 Å². The highest BCUT2D eigenvalue weighted by molar-refractivity contribution is 4.86. The number of ether oxygens (including phenoxy) is 3. The van der Waals surface area contributed by atoms with Gasteiger partial charge in [0, 0.05) is 20.3 Å². The van der Waals surface area contributed by atoms with Crippen molar-refractivity contribution in [2.45, 2.75) is 45.4 Å². The second-order valence-electron chi connectivity index (χ2n) is 5.07. The smallest absolute Gasteiger partial charge is 0.0700 e. The van der Waals surface area contributed by atoms with Crippen LogP contribution in [0, 0.1) is 5.41 Å². The van der Waals surface area contributed by atoms with Gasteiger partial charge < -0.3 is 14.2 Å². The van der Waals surface area contributed by atoms with Crippen LogP contribution in [0.1, 0.15) is 45.4 Å². The molecule has 0 aromatic heterocycles. The molecule has 0 aliphatic heterocycles. The number of unbranched alkanes of at least 4 members (excludes halogenated alkanes) is 1. The molecule has 1 aliphatic rings. The zero-order valence-electron chi connectivity index (χ0n) is 11.5. The highest BCUT2D eigenvalue weighted by Gasteiger charge is 2.34. The van der Waals surface area contributed by atoms with Gasteiger partial charge in [0.2, 0.25) is 0 Å². The highest BCUT2D eigenvalue weighted by atomic mass is 16.5. The Hall–Kier alpha value is -0.120. The molecule has 0 aromatic carbocycles. The monoisotopic (exact) mass is 244 g/mol. The third kappa shape index (κ3) is 5.84. The SMILES string of the molecule is CCC1(COCCCCOCCOC)CCC1. The normalized spacial score (nSPS) is 18.0. The number of rotatable bonds is 11. The first-order valence-corrected chi connectivity index (χ1v) is 6.97. The standard InChI is InChI=1S/C14H28O3/c1-3-14(7-6-8-14)13-17-10-5-4-9-16-12-11-15-2/h3-13H2,1-2H3. The molecule has 102 valence electrons. The first-order chi connectivity index (χ1) is 8.33. The van der Waals surface area contributed by atoms with E-state index in [4.69, 9.17) is 14.2 Å². The van der Waals surface area contributed by atoms with Gasteiger partial charge in [0.05, 0.1) is 19.8 Å². The van der Waals surface area contributed by atoms with Gasteiger partial charge in [-0.25, -0.2) is 0 Å². The van der Waals surface area contributed by atoms with E-state index < -0.39 is 0 Å². The minimum atomic E-state index is 0.537. The van der Waals surface area contributed by atoms with Gasteiger partial charge in [0.25, 0.3) is 0 Å². The van der Waals surface area contributed by atoms with Crippen molar-refractivity contribution in [3.63, 3.8) is 0 Å². The Morgan fingerprint density at radius 3 is 2.18 bits per heavy atom. The van der Waals surface area contributed by atoms with Crippen LogP contribution < -0.4 is 0 Å². The average molecular weight is 244 g/mol. The minimum absolute atomic E-state index is 0.537. The van der Waals surface area contributed by atoms with E-state index in [0.717, 1.165) is 32.7 Å². The topological polar surface area (TPSA) is 27.7 Å². The van der Waals surface area contributed by atoms with Crippen LogP contribution in [0.5, 0.6) is 0 Å². The Morgan fingerprint density at radius 2 is 1.65 bits per heavy atom. The summed E-state index contributed by atoms with van der Waals surface area (Å²) in [6.07, 6.45) is 7.58. The molecule has 0 bridgehead atoms. The van der Waals surface area contributed by atoms with Crippen LogP contribution in [0.15, 0.2) is 0 Å². The maximum atomic E-state index is 5.78. The molecule has 1 fully saturated rings. The van der Waals surface area contributed by atoms with Crippen molar-refractivity contribution < 1.29 is 14.2 Å². The summed E-state index contributed by atoms with van der Waals surface area (Å²) >= 11 is 0. The van der Waals surface area contributed by atoms with Crippen molar-refractivity contribution >= 4 is 0 Å². The number of hydrogen-bond acceptors (Lipinski definition) is 3. The second-order valence-corrected chi connectivity index (χ2v) is 5.07. The van der Waals surface area contributed by atoms with E-state index in [-0.39, 0.29) is 0 Å². The highest BCUT2D eigenvalue weighted by Crippen LogP contribution is 2.43. The maximum Gasteiger partial charge on any atom is 0.0700 e. The van der Waals surface area contributed by atoms with Gasteiger partial charge in [-0.1, -0.05) is 13.3 Å². The summed E-state index contributed by atoms with van der Waals surface area (Å²) in [6, 6.07) is 0. The Bertz CT molecular complexity index is 173. The Labute approximate surface area is 106 Å². The van der Waals surface area contributed by atoms with E-state index in [9.17, 15) is 0 Å². The molecular formula is C14H28O3. The van der Waals surface area contributed by atoms with E-state index >= 15 is 0 Å². The van der Waals surface area contributed by atoms with Gasteiger partial charge in [-0.05, 0) is 37.5 Å². The fraction of sp³-hybridized carbons (Fsp3) is 1.00. The summed E-state index contributed by atoms with van der Waals surface area (Å²) in [4.78, 5) is 0. The molecule has 0 amide bonds. The molecule has 0 N–H and O–H groups in total. The van der Waals surface area contributed by atoms with E-state index in [1.165, 1.54) is 25.7 Å². The quantitative estimate of drug-likeness (QED) is 0.523. The first-order valence-electron chi connectivity index (χ1n) is 6.97. The molecule has 0 saturated heterocycles. The fourth-order valence-electron chi connectivity index (χ4n) is 2.22. The molecule has 0 spiro atoms. The van der Waals surface area contributed by atoms with Gasteiger partial charge in [0.1, 0.15) is 0 Å². The average Bonchev–Trinajstić information content (AvgIpc) is 2.30. The molecule has 3 heteroatoms. The molecule has 0 atom stereocenters. The predicted octanol–water partition coefficient (Wildman–Crippen LogP) is 3.03. The lowest BCUT2D eigenvalue weighted by atomic mass is 9.68. The molecule has 1 saturated carbocycles. The molecular weight excluding hydrogens is 216 g/mol. The molecule has 0 heterocycles. The van der Waals surface area contributed by atoms with Crippen LogP contribution in [0.2, 0.25) is 0 Å². The lowest BCUT2D eigenvalue weighted by Crippen LogP contribution is -2.33. The minimum Gasteiger partial charge on any atom is -0.382 e. The van der Waals surface area contributed by atoms with E-state index in [2.05, 4.69) is 6.92 Å². The van der Waals surface area contributed by atoms with Crippen molar-refractivity contribution in [2.24, 2.45) is 5.41 Å². The van der Waals surface area contributed by atoms with Crippen LogP contribution in [0.4, 0.5) is 0 Å². The summed E-state index contributed by atoms with van der Waals surface area (Å²) in [5, 5.41) is 0. The number of hydrogen-bond donors (Lipinski definition) is 0. The molecule has 0 unspecified atom stereocenters. The summed E-state index contributed by atoms with van der Waals surface area (Å²) in [5.41, 5.74) is 0.537. The van der Waals surface area contributed by atoms with Crippen LogP contribution in [0.25, 0.3) is 0 Å². The Balaban J connectivity index is 1.81. The van der Waals surface area contributed by atoms with E-state index in [1.807, 2.05) is 0 Å².